The number of carbonyl (C=O) groups excluding carboxylic acids is 1. The van der Waals surface area contributed by atoms with Gasteiger partial charge in [-0.1, -0.05) is 60.7 Å². The number of methoxy groups -OCH3 is 1. The first-order chi connectivity index (χ1) is 13.2. The Kier molecular flexibility index (Phi) is 6.10. The summed E-state index contributed by atoms with van der Waals surface area (Å²) < 4.78 is 5.35. The zero-order valence-electron chi connectivity index (χ0n) is 15.7. The minimum atomic E-state index is 0.0213. The lowest BCUT2D eigenvalue weighted by molar-refractivity contribution is -0.128. The van der Waals surface area contributed by atoms with Crippen molar-refractivity contribution in [1.82, 2.24) is 4.90 Å². The Balaban J connectivity index is 1.55. The average molecular weight is 360 g/mol. The number of nitrogens with zero attached hydrogens (tertiary/aromatic N) is 1. The lowest BCUT2D eigenvalue weighted by Gasteiger charge is -2.19. The van der Waals surface area contributed by atoms with Gasteiger partial charge >= 0.3 is 0 Å². The van der Waals surface area contributed by atoms with Crippen LogP contribution in [0.25, 0.3) is 11.1 Å². The SMILES string of the molecule is COc1ccccc1CN(C)C(=O)CNc1ccc(-c2ccccc2)cc1. The second kappa shape index (κ2) is 8.90. The largest absolute Gasteiger partial charge is 0.496 e. The van der Waals surface area contributed by atoms with Crippen molar-refractivity contribution in [2.45, 2.75) is 6.54 Å². The van der Waals surface area contributed by atoms with Crippen molar-refractivity contribution < 1.29 is 9.53 Å². The van der Waals surface area contributed by atoms with Crippen LogP contribution in [-0.4, -0.2) is 31.5 Å². The molecule has 0 atom stereocenters. The summed E-state index contributed by atoms with van der Waals surface area (Å²) in [7, 11) is 3.44. The van der Waals surface area contributed by atoms with E-state index in [0.29, 0.717) is 6.54 Å². The van der Waals surface area contributed by atoms with Crippen LogP contribution in [0, 0.1) is 0 Å². The molecule has 0 aliphatic heterocycles. The Morgan fingerprint density at radius 2 is 1.52 bits per heavy atom. The molecule has 0 spiro atoms. The molecule has 0 heterocycles. The van der Waals surface area contributed by atoms with E-state index < -0.39 is 0 Å². The van der Waals surface area contributed by atoms with Gasteiger partial charge in [0.15, 0.2) is 0 Å². The zero-order valence-corrected chi connectivity index (χ0v) is 15.7. The zero-order chi connectivity index (χ0) is 19.1. The highest BCUT2D eigenvalue weighted by molar-refractivity contribution is 5.81. The van der Waals surface area contributed by atoms with E-state index in [2.05, 4.69) is 29.6 Å². The third-order valence-electron chi connectivity index (χ3n) is 4.46. The molecule has 0 aliphatic rings. The Morgan fingerprint density at radius 3 is 2.22 bits per heavy atom. The molecule has 4 nitrogen and oxygen atoms in total. The molecule has 4 heteroatoms. The molecule has 0 radical (unpaired) electrons. The number of likely N-dealkylation sites (N-methyl/N-ethyl adjacent to an activating group) is 1. The molecule has 0 bridgehead atoms. The predicted molar refractivity (Wildman–Crippen MR) is 110 cm³/mol. The number of rotatable bonds is 7. The van der Waals surface area contributed by atoms with Crippen molar-refractivity contribution in [2.24, 2.45) is 0 Å². The smallest absolute Gasteiger partial charge is 0.241 e. The van der Waals surface area contributed by atoms with E-state index in [9.17, 15) is 4.79 Å². The number of ether oxygens (including phenoxy) is 1. The van der Waals surface area contributed by atoms with Crippen LogP contribution in [0.1, 0.15) is 5.56 Å². The lowest BCUT2D eigenvalue weighted by Crippen LogP contribution is -2.31. The van der Waals surface area contributed by atoms with Crippen LogP contribution in [0.2, 0.25) is 0 Å². The number of anilines is 1. The van der Waals surface area contributed by atoms with Crippen LogP contribution in [0.15, 0.2) is 78.9 Å². The van der Waals surface area contributed by atoms with Crippen molar-refractivity contribution in [3.8, 4) is 16.9 Å². The molecule has 0 aliphatic carbocycles. The third-order valence-corrected chi connectivity index (χ3v) is 4.46. The van der Waals surface area contributed by atoms with Crippen molar-refractivity contribution in [1.29, 1.82) is 0 Å². The van der Waals surface area contributed by atoms with Crippen LogP contribution in [0.3, 0.4) is 0 Å². The van der Waals surface area contributed by atoms with Gasteiger partial charge in [-0.3, -0.25) is 4.79 Å². The maximum atomic E-state index is 12.4. The normalized spacial score (nSPS) is 10.3. The highest BCUT2D eigenvalue weighted by Crippen LogP contribution is 2.21. The molecule has 27 heavy (non-hydrogen) atoms. The van der Waals surface area contributed by atoms with E-state index >= 15 is 0 Å². The fraction of sp³-hybridized carbons (Fsp3) is 0.174. The summed E-state index contributed by atoms with van der Waals surface area (Å²) >= 11 is 0. The van der Waals surface area contributed by atoms with E-state index in [0.717, 1.165) is 22.6 Å². The summed E-state index contributed by atoms with van der Waals surface area (Å²) in [6.07, 6.45) is 0. The van der Waals surface area contributed by atoms with Crippen LogP contribution >= 0.6 is 0 Å². The van der Waals surface area contributed by atoms with E-state index in [1.54, 1.807) is 19.1 Å². The van der Waals surface area contributed by atoms with Crippen LogP contribution < -0.4 is 10.1 Å². The molecule has 0 saturated carbocycles. The molecule has 138 valence electrons. The number of para-hydroxylation sites is 1. The Morgan fingerprint density at radius 1 is 0.889 bits per heavy atom. The average Bonchev–Trinajstić information content (AvgIpc) is 2.73. The molecular weight excluding hydrogens is 336 g/mol. The van der Waals surface area contributed by atoms with Crippen molar-refractivity contribution >= 4 is 11.6 Å². The topological polar surface area (TPSA) is 41.6 Å². The molecule has 3 rings (SSSR count). The first-order valence-electron chi connectivity index (χ1n) is 8.92. The van der Waals surface area contributed by atoms with Gasteiger partial charge in [-0.05, 0) is 29.3 Å². The highest BCUT2D eigenvalue weighted by atomic mass is 16.5. The molecule has 3 aromatic rings. The second-order valence-corrected chi connectivity index (χ2v) is 6.36. The minimum absolute atomic E-state index is 0.0213. The van der Waals surface area contributed by atoms with Gasteiger partial charge in [0.25, 0.3) is 0 Å². The summed E-state index contributed by atoms with van der Waals surface area (Å²) in [6.45, 7) is 0.758. The number of nitrogens with one attached hydrogen (secondary N) is 1. The van der Waals surface area contributed by atoms with Crippen molar-refractivity contribution in [3.05, 3.63) is 84.4 Å². The summed E-state index contributed by atoms with van der Waals surface area (Å²) in [6, 6.07) is 26.1. The van der Waals surface area contributed by atoms with Crippen LogP contribution in [0.4, 0.5) is 5.69 Å². The van der Waals surface area contributed by atoms with Gasteiger partial charge in [0, 0.05) is 24.8 Å². The van der Waals surface area contributed by atoms with Gasteiger partial charge in [-0.15, -0.1) is 0 Å². The Hall–Kier alpha value is -3.27. The minimum Gasteiger partial charge on any atom is -0.496 e. The predicted octanol–water partition coefficient (Wildman–Crippen LogP) is 4.43. The highest BCUT2D eigenvalue weighted by Gasteiger charge is 2.11. The monoisotopic (exact) mass is 360 g/mol. The van der Waals surface area contributed by atoms with Gasteiger partial charge < -0.3 is 15.0 Å². The number of hydrogen-bond acceptors (Lipinski definition) is 3. The van der Waals surface area contributed by atoms with Gasteiger partial charge in [0.2, 0.25) is 5.91 Å². The second-order valence-electron chi connectivity index (χ2n) is 6.36. The van der Waals surface area contributed by atoms with E-state index in [-0.39, 0.29) is 12.5 Å². The quantitative estimate of drug-likeness (QED) is 0.678. The molecule has 0 unspecified atom stereocenters. The number of carbonyl (C=O) groups is 1. The van der Waals surface area contributed by atoms with E-state index in [1.807, 2.05) is 54.6 Å². The van der Waals surface area contributed by atoms with Gasteiger partial charge in [-0.2, -0.15) is 0 Å². The maximum Gasteiger partial charge on any atom is 0.241 e. The number of amides is 1. The molecule has 0 fully saturated rings. The lowest BCUT2D eigenvalue weighted by atomic mass is 10.1. The van der Waals surface area contributed by atoms with Crippen LogP contribution in [0.5, 0.6) is 5.75 Å². The van der Waals surface area contributed by atoms with Crippen LogP contribution in [-0.2, 0) is 11.3 Å². The summed E-state index contributed by atoms with van der Waals surface area (Å²) in [4.78, 5) is 14.1. The standard InChI is InChI=1S/C23H24N2O2/c1-25(17-20-10-6-7-11-22(20)27-2)23(26)16-24-21-14-12-19(13-15-21)18-8-4-3-5-9-18/h3-15,24H,16-17H2,1-2H3. The van der Waals surface area contributed by atoms with Gasteiger partial charge in [-0.25, -0.2) is 0 Å². The molecule has 3 aromatic carbocycles. The summed E-state index contributed by atoms with van der Waals surface area (Å²) in [5.41, 5.74) is 4.24. The van der Waals surface area contributed by atoms with Crippen molar-refractivity contribution in [3.63, 3.8) is 0 Å². The van der Waals surface area contributed by atoms with E-state index in [1.165, 1.54) is 5.56 Å². The number of benzene rings is 3. The Labute approximate surface area is 160 Å². The first kappa shape index (κ1) is 18.5. The molecule has 1 amide bonds. The fourth-order valence-corrected chi connectivity index (χ4v) is 2.90. The maximum absolute atomic E-state index is 12.4. The molecule has 1 N–H and O–H groups in total. The van der Waals surface area contributed by atoms with E-state index in [4.69, 9.17) is 4.74 Å². The number of hydrogen-bond donors (Lipinski definition) is 1. The molecule has 0 saturated heterocycles. The molecule has 0 aromatic heterocycles. The Bertz CT molecular complexity index is 876. The van der Waals surface area contributed by atoms with Crippen molar-refractivity contribution in [2.75, 3.05) is 26.0 Å². The summed E-state index contributed by atoms with van der Waals surface area (Å²) in [5.74, 6) is 0.814. The summed E-state index contributed by atoms with van der Waals surface area (Å²) in [5, 5.41) is 3.20. The third kappa shape index (κ3) is 4.88. The van der Waals surface area contributed by atoms with Gasteiger partial charge in [0.05, 0.1) is 13.7 Å². The molecular formula is C23H24N2O2. The fourth-order valence-electron chi connectivity index (χ4n) is 2.90. The first-order valence-corrected chi connectivity index (χ1v) is 8.92. The van der Waals surface area contributed by atoms with Gasteiger partial charge in [0.1, 0.15) is 5.75 Å².